The lowest BCUT2D eigenvalue weighted by atomic mass is 10.1. The lowest BCUT2D eigenvalue weighted by Crippen LogP contribution is -1.98. The van der Waals surface area contributed by atoms with Gasteiger partial charge in [0.1, 0.15) is 5.75 Å². The minimum Gasteiger partial charge on any atom is -0.496 e. The van der Waals surface area contributed by atoms with Crippen LogP contribution in [0.2, 0.25) is 0 Å². The van der Waals surface area contributed by atoms with Gasteiger partial charge in [-0.05, 0) is 24.3 Å². The van der Waals surface area contributed by atoms with Crippen LogP contribution < -0.4 is 15.2 Å². The molecule has 2 heterocycles. The number of ether oxygens (including phenoxy) is 2. The molecule has 0 bridgehead atoms. The van der Waals surface area contributed by atoms with Gasteiger partial charge in [-0.2, -0.15) is 4.98 Å². The lowest BCUT2D eigenvalue weighted by molar-refractivity contribution is 0.414. The van der Waals surface area contributed by atoms with E-state index in [-0.39, 0.29) is 5.95 Å². The van der Waals surface area contributed by atoms with Crippen molar-refractivity contribution in [3.63, 3.8) is 0 Å². The van der Waals surface area contributed by atoms with Crippen LogP contribution in [0.25, 0.3) is 16.9 Å². The Labute approximate surface area is 115 Å². The number of methoxy groups -OCH3 is 2. The molecule has 0 unspecified atom stereocenters. The average Bonchev–Trinajstić information content (AvgIpc) is 2.87. The van der Waals surface area contributed by atoms with Crippen molar-refractivity contribution in [3.05, 3.63) is 36.4 Å². The van der Waals surface area contributed by atoms with Gasteiger partial charge in [0, 0.05) is 5.56 Å². The molecule has 0 atom stereocenters. The number of rotatable bonds is 3. The molecule has 6 nitrogen and oxygen atoms in total. The van der Waals surface area contributed by atoms with E-state index in [9.17, 15) is 0 Å². The van der Waals surface area contributed by atoms with Crippen molar-refractivity contribution in [1.29, 1.82) is 0 Å². The number of aromatic nitrogens is 3. The first-order chi connectivity index (χ1) is 9.74. The second kappa shape index (κ2) is 4.73. The van der Waals surface area contributed by atoms with Crippen molar-refractivity contribution in [1.82, 2.24) is 14.6 Å². The van der Waals surface area contributed by atoms with Gasteiger partial charge >= 0.3 is 0 Å². The van der Waals surface area contributed by atoms with Gasteiger partial charge in [-0.25, -0.2) is 4.52 Å². The van der Waals surface area contributed by atoms with Gasteiger partial charge in [-0.15, -0.1) is 5.10 Å². The van der Waals surface area contributed by atoms with Crippen LogP contribution in [-0.2, 0) is 0 Å². The van der Waals surface area contributed by atoms with Crippen molar-refractivity contribution >= 4 is 11.6 Å². The summed E-state index contributed by atoms with van der Waals surface area (Å²) >= 11 is 0. The number of hydrogen-bond acceptors (Lipinski definition) is 5. The highest BCUT2D eigenvalue weighted by Crippen LogP contribution is 2.32. The monoisotopic (exact) mass is 270 g/mol. The Morgan fingerprint density at radius 3 is 2.50 bits per heavy atom. The molecule has 0 aliphatic carbocycles. The molecule has 0 spiro atoms. The molecule has 0 amide bonds. The standard InChI is InChI=1S/C14H14N4O2/c1-19-11-6-4-3-5-9(11)10-7-8-12(20-2)13-16-14(15)17-18(10)13/h3-8H,1-2H3,(H2,15,17). The SMILES string of the molecule is COc1ccccc1-c1ccc(OC)c2nc(N)nn12. The van der Waals surface area contributed by atoms with Crippen LogP contribution in [0.15, 0.2) is 36.4 Å². The predicted molar refractivity (Wildman–Crippen MR) is 75.9 cm³/mol. The largest absolute Gasteiger partial charge is 0.496 e. The molecule has 0 saturated carbocycles. The summed E-state index contributed by atoms with van der Waals surface area (Å²) in [5, 5.41) is 4.22. The zero-order chi connectivity index (χ0) is 14.1. The molecule has 0 saturated heterocycles. The average molecular weight is 270 g/mol. The van der Waals surface area contributed by atoms with E-state index < -0.39 is 0 Å². The van der Waals surface area contributed by atoms with Crippen LogP contribution in [0.4, 0.5) is 5.95 Å². The van der Waals surface area contributed by atoms with Crippen LogP contribution in [0, 0.1) is 0 Å². The molecule has 2 N–H and O–H groups in total. The molecule has 3 rings (SSSR count). The Hall–Kier alpha value is -2.76. The predicted octanol–water partition coefficient (Wildman–Crippen LogP) is 2.00. The molecule has 0 aliphatic heterocycles. The van der Waals surface area contributed by atoms with E-state index in [0.717, 1.165) is 17.0 Å². The molecule has 102 valence electrons. The molecular formula is C14H14N4O2. The Balaban J connectivity index is 2.32. The topological polar surface area (TPSA) is 74.7 Å². The molecule has 20 heavy (non-hydrogen) atoms. The first-order valence-electron chi connectivity index (χ1n) is 6.07. The maximum atomic E-state index is 5.70. The van der Waals surface area contributed by atoms with Crippen LogP contribution in [0.1, 0.15) is 0 Å². The fraction of sp³-hybridized carbons (Fsp3) is 0.143. The zero-order valence-electron chi connectivity index (χ0n) is 11.2. The number of nitrogens with zero attached hydrogens (tertiary/aromatic N) is 3. The highest BCUT2D eigenvalue weighted by Gasteiger charge is 2.14. The Bertz CT molecular complexity index is 767. The van der Waals surface area contributed by atoms with Gasteiger partial charge in [-0.1, -0.05) is 12.1 Å². The number of benzene rings is 1. The highest BCUT2D eigenvalue weighted by atomic mass is 16.5. The van der Waals surface area contributed by atoms with E-state index in [0.29, 0.717) is 11.4 Å². The molecular weight excluding hydrogens is 256 g/mol. The normalized spacial score (nSPS) is 10.7. The molecule has 0 radical (unpaired) electrons. The van der Waals surface area contributed by atoms with Crippen molar-refractivity contribution in [2.75, 3.05) is 20.0 Å². The zero-order valence-corrected chi connectivity index (χ0v) is 11.2. The van der Waals surface area contributed by atoms with E-state index >= 15 is 0 Å². The number of nitrogens with two attached hydrogens (primary N) is 1. The first kappa shape index (κ1) is 12.3. The van der Waals surface area contributed by atoms with E-state index in [1.165, 1.54) is 0 Å². The summed E-state index contributed by atoms with van der Waals surface area (Å²) in [6.45, 7) is 0. The van der Waals surface area contributed by atoms with Crippen molar-refractivity contribution in [2.24, 2.45) is 0 Å². The summed E-state index contributed by atoms with van der Waals surface area (Å²) in [7, 11) is 3.22. The number of fused-ring (bicyclic) bond motifs is 1. The number of pyridine rings is 1. The van der Waals surface area contributed by atoms with Gasteiger partial charge in [0.2, 0.25) is 5.95 Å². The summed E-state index contributed by atoms with van der Waals surface area (Å²) in [5.41, 5.74) is 8.02. The molecule has 6 heteroatoms. The summed E-state index contributed by atoms with van der Waals surface area (Å²) in [6.07, 6.45) is 0. The van der Waals surface area contributed by atoms with Crippen LogP contribution in [-0.4, -0.2) is 28.8 Å². The van der Waals surface area contributed by atoms with Crippen LogP contribution in [0.3, 0.4) is 0 Å². The third-order valence-corrected chi connectivity index (χ3v) is 3.07. The second-order valence-corrected chi connectivity index (χ2v) is 4.19. The van der Waals surface area contributed by atoms with Gasteiger partial charge in [0.25, 0.3) is 0 Å². The number of hydrogen-bond donors (Lipinski definition) is 1. The van der Waals surface area contributed by atoms with Gasteiger partial charge in [0.15, 0.2) is 11.4 Å². The molecule has 0 aliphatic rings. The van der Waals surface area contributed by atoms with Crippen molar-refractivity contribution in [2.45, 2.75) is 0 Å². The fourth-order valence-electron chi connectivity index (χ4n) is 2.17. The first-order valence-corrected chi connectivity index (χ1v) is 6.07. The molecule has 1 aromatic carbocycles. The fourth-order valence-corrected chi connectivity index (χ4v) is 2.17. The highest BCUT2D eigenvalue weighted by molar-refractivity contribution is 5.72. The van der Waals surface area contributed by atoms with Crippen molar-refractivity contribution in [3.8, 4) is 22.8 Å². The summed E-state index contributed by atoms with van der Waals surface area (Å²) in [5.74, 6) is 1.58. The number of anilines is 1. The Morgan fingerprint density at radius 1 is 1.00 bits per heavy atom. The van der Waals surface area contributed by atoms with Gasteiger partial charge < -0.3 is 15.2 Å². The Morgan fingerprint density at radius 2 is 1.75 bits per heavy atom. The molecule has 2 aromatic heterocycles. The number of para-hydroxylation sites is 1. The lowest BCUT2D eigenvalue weighted by Gasteiger charge is -2.10. The van der Waals surface area contributed by atoms with E-state index in [2.05, 4.69) is 10.1 Å². The molecule has 0 fully saturated rings. The van der Waals surface area contributed by atoms with E-state index in [1.54, 1.807) is 18.7 Å². The summed E-state index contributed by atoms with van der Waals surface area (Å²) < 4.78 is 12.3. The molecule has 3 aromatic rings. The Kier molecular flexibility index (Phi) is 2.90. The third kappa shape index (κ3) is 1.82. The summed E-state index contributed by atoms with van der Waals surface area (Å²) in [6, 6.07) is 11.4. The van der Waals surface area contributed by atoms with E-state index in [1.807, 2.05) is 36.4 Å². The third-order valence-electron chi connectivity index (χ3n) is 3.07. The quantitative estimate of drug-likeness (QED) is 0.787. The smallest absolute Gasteiger partial charge is 0.240 e. The minimum atomic E-state index is 0.200. The minimum absolute atomic E-state index is 0.200. The van der Waals surface area contributed by atoms with Gasteiger partial charge in [0.05, 0.1) is 19.9 Å². The van der Waals surface area contributed by atoms with Crippen LogP contribution >= 0.6 is 0 Å². The van der Waals surface area contributed by atoms with Gasteiger partial charge in [-0.3, -0.25) is 0 Å². The number of nitrogen functional groups attached to an aromatic ring is 1. The summed E-state index contributed by atoms with van der Waals surface area (Å²) in [4.78, 5) is 4.19. The second-order valence-electron chi connectivity index (χ2n) is 4.19. The maximum absolute atomic E-state index is 5.70. The van der Waals surface area contributed by atoms with E-state index in [4.69, 9.17) is 15.2 Å². The van der Waals surface area contributed by atoms with Crippen LogP contribution in [0.5, 0.6) is 11.5 Å². The maximum Gasteiger partial charge on any atom is 0.240 e. The van der Waals surface area contributed by atoms with Crippen molar-refractivity contribution < 1.29 is 9.47 Å².